The van der Waals surface area contributed by atoms with Crippen molar-refractivity contribution < 1.29 is 9.53 Å². The number of nitrogens with two attached hydrogens (primary N) is 1. The van der Waals surface area contributed by atoms with E-state index in [0.29, 0.717) is 17.3 Å². The Labute approximate surface area is 87.8 Å². The van der Waals surface area contributed by atoms with Gasteiger partial charge in [0.15, 0.2) is 0 Å². The topological polar surface area (TPSA) is 52.3 Å². The van der Waals surface area contributed by atoms with Crippen LogP contribution in [0.4, 0.5) is 5.69 Å². The molecule has 14 heavy (non-hydrogen) atoms. The van der Waals surface area contributed by atoms with Crippen LogP contribution in [-0.4, -0.2) is 12.6 Å². The van der Waals surface area contributed by atoms with Gasteiger partial charge in [0.25, 0.3) is 0 Å². The molecule has 0 unspecified atom stereocenters. The number of esters is 1. The van der Waals surface area contributed by atoms with Gasteiger partial charge in [-0.05, 0) is 18.6 Å². The van der Waals surface area contributed by atoms with E-state index in [-0.39, 0.29) is 5.56 Å². The Hall–Kier alpha value is -1.22. The largest absolute Gasteiger partial charge is 0.462 e. The molecular weight excluding hydrogens is 202 g/mol. The van der Waals surface area contributed by atoms with Crippen molar-refractivity contribution in [1.29, 1.82) is 0 Å². The van der Waals surface area contributed by atoms with Gasteiger partial charge in [-0.2, -0.15) is 0 Å². The molecule has 0 spiro atoms. The van der Waals surface area contributed by atoms with Gasteiger partial charge in [0.1, 0.15) is 5.56 Å². The normalized spacial score (nSPS) is 9.86. The lowest BCUT2D eigenvalue weighted by Gasteiger charge is -2.07. The molecule has 1 aromatic rings. The van der Waals surface area contributed by atoms with E-state index < -0.39 is 5.97 Å². The molecule has 2 N–H and O–H groups in total. The van der Waals surface area contributed by atoms with Crippen molar-refractivity contribution in [2.24, 2.45) is 0 Å². The maximum atomic E-state index is 11.5. The van der Waals surface area contributed by atoms with Crippen LogP contribution >= 0.6 is 11.6 Å². The van der Waals surface area contributed by atoms with Crippen LogP contribution in [0.25, 0.3) is 0 Å². The number of hydrogen-bond donors (Lipinski definition) is 1. The van der Waals surface area contributed by atoms with Gasteiger partial charge in [-0.1, -0.05) is 24.6 Å². The number of anilines is 1. The number of benzene rings is 1. The van der Waals surface area contributed by atoms with Gasteiger partial charge in [-0.25, -0.2) is 4.79 Å². The molecule has 0 saturated carbocycles. The van der Waals surface area contributed by atoms with E-state index in [0.717, 1.165) is 6.42 Å². The molecule has 1 rings (SSSR count). The third kappa shape index (κ3) is 2.39. The van der Waals surface area contributed by atoms with Crippen LogP contribution in [0.1, 0.15) is 23.7 Å². The zero-order valence-electron chi connectivity index (χ0n) is 7.92. The Morgan fingerprint density at radius 3 is 2.86 bits per heavy atom. The summed E-state index contributed by atoms with van der Waals surface area (Å²) in [5, 5.41) is 0.325. The zero-order valence-corrected chi connectivity index (χ0v) is 8.67. The smallest absolute Gasteiger partial charge is 0.341 e. The quantitative estimate of drug-likeness (QED) is 0.620. The molecule has 0 heterocycles. The second-order valence-corrected chi connectivity index (χ2v) is 3.25. The van der Waals surface area contributed by atoms with Gasteiger partial charge >= 0.3 is 5.97 Å². The van der Waals surface area contributed by atoms with E-state index in [2.05, 4.69) is 0 Å². The number of nitrogen functional groups attached to an aromatic ring is 1. The summed E-state index contributed by atoms with van der Waals surface area (Å²) in [5.41, 5.74) is 6.21. The van der Waals surface area contributed by atoms with E-state index >= 15 is 0 Å². The van der Waals surface area contributed by atoms with E-state index in [1.54, 1.807) is 18.2 Å². The van der Waals surface area contributed by atoms with Gasteiger partial charge in [0.05, 0.1) is 11.6 Å². The van der Waals surface area contributed by atoms with Crippen molar-refractivity contribution >= 4 is 23.3 Å². The Morgan fingerprint density at radius 1 is 1.57 bits per heavy atom. The van der Waals surface area contributed by atoms with Crippen LogP contribution in [0.3, 0.4) is 0 Å². The third-order valence-corrected chi connectivity index (χ3v) is 2.00. The standard InChI is InChI=1S/C10H12ClNO2/c1-2-6-14-10(13)9-7(11)4-3-5-8(9)12/h3-5H,2,6,12H2,1H3. The summed E-state index contributed by atoms with van der Waals surface area (Å²) in [4.78, 5) is 11.5. The highest BCUT2D eigenvalue weighted by Crippen LogP contribution is 2.22. The lowest BCUT2D eigenvalue weighted by Crippen LogP contribution is -2.09. The molecule has 4 heteroatoms. The lowest BCUT2D eigenvalue weighted by atomic mass is 10.2. The van der Waals surface area contributed by atoms with Gasteiger partial charge in [-0.15, -0.1) is 0 Å². The van der Waals surface area contributed by atoms with Crippen molar-refractivity contribution in [2.75, 3.05) is 12.3 Å². The van der Waals surface area contributed by atoms with Crippen LogP contribution in [0.2, 0.25) is 5.02 Å². The minimum atomic E-state index is -0.463. The maximum absolute atomic E-state index is 11.5. The summed E-state index contributed by atoms with van der Waals surface area (Å²) in [6.07, 6.45) is 0.774. The average Bonchev–Trinajstić information content (AvgIpc) is 2.14. The second kappa shape index (κ2) is 4.86. The lowest BCUT2D eigenvalue weighted by molar-refractivity contribution is 0.0506. The minimum Gasteiger partial charge on any atom is -0.462 e. The summed E-state index contributed by atoms with van der Waals surface area (Å²) in [7, 11) is 0. The fraction of sp³-hybridized carbons (Fsp3) is 0.300. The monoisotopic (exact) mass is 213 g/mol. The first-order valence-corrected chi connectivity index (χ1v) is 4.75. The first-order chi connectivity index (χ1) is 6.66. The fourth-order valence-electron chi connectivity index (χ4n) is 1.02. The SMILES string of the molecule is CCCOC(=O)c1c(N)cccc1Cl. The first kappa shape index (κ1) is 10.9. The summed E-state index contributed by atoms with van der Waals surface area (Å²) in [6.45, 7) is 2.30. The van der Waals surface area contributed by atoms with Crippen LogP contribution in [-0.2, 0) is 4.74 Å². The molecule has 0 radical (unpaired) electrons. The van der Waals surface area contributed by atoms with Gasteiger partial charge in [0, 0.05) is 5.69 Å². The molecule has 0 amide bonds. The van der Waals surface area contributed by atoms with Crippen LogP contribution < -0.4 is 5.73 Å². The zero-order chi connectivity index (χ0) is 10.6. The van der Waals surface area contributed by atoms with Crippen molar-refractivity contribution in [2.45, 2.75) is 13.3 Å². The molecule has 0 aromatic heterocycles. The molecule has 3 nitrogen and oxygen atoms in total. The van der Waals surface area contributed by atoms with Gasteiger partial charge < -0.3 is 10.5 Å². The first-order valence-electron chi connectivity index (χ1n) is 4.38. The Morgan fingerprint density at radius 2 is 2.29 bits per heavy atom. The second-order valence-electron chi connectivity index (χ2n) is 2.84. The van der Waals surface area contributed by atoms with Crippen molar-refractivity contribution in [1.82, 2.24) is 0 Å². The van der Waals surface area contributed by atoms with Gasteiger partial charge in [-0.3, -0.25) is 0 Å². The van der Waals surface area contributed by atoms with Crippen molar-refractivity contribution in [3.63, 3.8) is 0 Å². The highest BCUT2D eigenvalue weighted by Gasteiger charge is 2.14. The molecule has 0 aliphatic rings. The predicted molar refractivity (Wildman–Crippen MR) is 56.4 cm³/mol. The van der Waals surface area contributed by atoms with Crippen LogP contribution in [0.5, 0.6) is 0 Å². The number of hydrogen-bond acceptors (Lipinski definition) is 3. The molecule has 0 aliphatic heterocycles. The number of rotatable bonds is 3. The fourth-order valence-corrected chi connectivity index (χ4v) is 1.28. The van der Waals surface area contributed by atoms with E-state index in [1.807, 2.05) is 6.92 Å². The summed E-state index contributed by atoms with van der Waals surface area (Å²) in [5.74, 6) is -0.463. The molecular formula is C10H12ClNO2. The Kier molecular flexibility index (Phi) is 3.77. The summed E-state index contributed by atoms with van der Waals surface area (Å²) >= 11 is 5.82. The number of carbonyl (C=O) groups excluding carboxylic acids is 1. The maximum Gasteiger partial charge on any atom is 0.341 e. The predicted octanol–water partition coefficient (Wildman–Crippen LogP) is 2.49. The van der Waals surface area contributed by atoms with E-state index in [9.17, 15) is 4.79 Å². The Balaban J connectivity index is 2.89. The number of halogens is 1. The van der Waals surface area contributed by atoms with E-state index in [4.69, 9.17) is 22.1 Å². The molecule has 0 atom stereocenters. The van der Waals surface area contributed by atoms with Crippen molar-refractivity contribution in [3.05, 3.63) is 28.8 Å². The summed E-state index contributed by atoms with van der Waals surface area (Å²) < 4.78 is 4.94. The Bertz CT molecular complexity index is 319. The van der Waals surface area contributed by atoms with Crippen LogP contribution in [0, 0.1) is 0 Å². The number of ether oxygens (including phenoxy) is 1. The molecule has 0 aliphatic carbocycles. The number of carbonyl (C=O) groups is 1. The van der Waals surface area contributed by atoms with Crippen LogP contribution in [0.15, 0.2) is 18.2 Å². The molecule has 0 bridgehead atoms. The molecule has 0 fully saturated rings. The average molecular weight is 214 g/mol. The van der Waals surface area contributed by atoms with Crippen molar-refractivity contribution in [3.8, 4) is 0 Å². The summed E-state index contributed by atoms with van der Waals surface area (Å²) in [6, 6.07) is 4.92. The highest BCUT2D eigenvalue weighted by atomic mass is 35.5. The van der Waals surface area contributed by atoms with E-state index in [1.165, 1.54) is 0 Å². The molecule has 1 aromatic carbocycles. The highest BCUT2D eigenvalue weighted by molar-refractivity contribution is 6.34. The van der Waals surface area contributed by atoms with Gasteiger partial charge in [0.2, 0.25) is 0 Å². The molecule has 0 saturated heterocycles. The third-order valence-electron chi connectivity index (χ3n) is 1.69. The minimum absolute atomic E-state index is 0.252. The molecule has 76 valence electrons.